The van der Waals surface area contributed by atoms with Gasteiger partial charge in [0.05, 0.1) is 5.69 Å². The predicted molar refractivity (Wildman–Crippen MR) is 151 cm³/mol. The first kappa shape index (κ1) is 26.4. The van der Waals surface area contributed by atoms with Crippen molar-refractivity contribution in [3.63, 3.8) is 0 Å². The van der Waals surface area contributed by atoms with Crippen LogP contribution >= 0.6 is 47.2 Å². The molecule has 4 rings (SSSR count). The summed E-state index contributed by atoms with van der Waals surface area (Å²) in [6.07, 6.45) is 0. The average Bonchev–Trinajstić information content (AvgIpc) is 2.89. The van der Waals surface area contributed by atoms with Crippen LogP contribution in [0.5, 0.6) is 0 Å². The van der Waals surface area contributed by atoms with Crippen LogP contribution in [0.4, 0.5) is 5.69 Å². The van der Waals surface area contributed by atoms with Crippen LogP contribution in [0.3, 0.4) is 0 Å². The Morgan fingerprint density at radius 3 is 2.24 bits per heavy atom. The van der Waals surface area contributed by atoms with Crippen molar-refractivity contribution in [2.45, 2.75) is 10.9 Å². The molecule has 4 aromatic rings. The summed E-state index contributed by atoms with van der Waals surface area (Å²) in [6, 6.07) is 22.6. The monoisotopic (exact) mass is 565 g/mol. The van der Waals surface area contributed by atoms with Gasteiger partial charge in [-0.05, 0) is 66.3 Å². The van der Waals surface area contributed by atoms with Gasteiger partial charge in [0, 0.05) is 32.6 Å². The minimum atomic E-state index is -0.514. The predicted octanol–water partition coefficient (Wildman–Crippen LogP) is 6.03. The zero-order chi connectivity index (χ0) is 26.4. The first-order valence-electron chi connectivity index (χ1n) is 10.7. The van der Waals surface area contributed by atoms with Gasteiger partial charge in [0.2, 0.25) is 0 Å². The molecular weight excluding hydrogens is 549 g/mol. The van der Waals surface area contributed by atoms with Crippen molar-refractivity contribution in [3.05, 3.63) is 110 Å². The molecule has 0 aliphatic heterocycles. The summed E-state index contributed by atoms with van der Waals surface area (Å²) in [5.74, 6) is 0.129. The maximum absolute atomic E-state index is 12.5. The smallest absolute Gasteiger partial charge is 0.270 e. The summed E-state index contributed by atoms with van der Waals surface area (Å²) in [7, 11) is 0. The molecule has 1 amide bonds. The van der Waals surface area contributed by atoms with Crippen LogP contribution in [0.1, 0.15) is 21.5 Å². The number of aromatic nitrogens is 2. The van der Waals surface area contributed by atoms with Gasteiger partial charge in [-0.3, -0.25) is 14.9 Å². The number of benzene rings is 3. The molecule has 0 unspecified atom stereocenters. The standard InChI is InChI=1S/C26H17Cl2N5O2S2/c27-18-7-5-16(6-8-18)22-21(13-29)24(35)33-26(31-22)37-14-15-1-3-17(4-2-15)23(34)32-25(36)30-20-11-9-19(28)10-12-20/h1-12H,14H2,(H,31,33,35)(H2,30,32,34,36). The summed E-state index contributed by atoms with van der Waals surface area (Å²) in [6.45, 7) is 0. The van der Waals surface area contributed by atoms with Crippen molar-refractivity contribution in [1.29, 1.82) is 5.26 Å². The van der Waals surface area contributed by atoms with E-state index in [4.69, 9.17) is 35.4 Å². The second kappa shape index (κ2) is 12.0. The van der Waals surface area contributed by atoms with E-state index in [1.165, 1.54) is 11.8 Å². The molecule has 0 saturated heterocycles. The summed E-state index contributed by atoms with van der Waals surface area (Å²) >= 11 is 18.3. The lowest BCUT2D eigenvalue weighted by Crippen LogP contribution is -2.34. The Bertz CT molecular complexity index is 1550. The fourth-order valence-electron chi connectivity index (χ4n) is 3.22. The molecule has 0 aliphatic rings. The van der Waals surface area contributed by atoms with Crippen LogP contribution in [-0.4, -0.2) is 21.0 Å². The average molecular weight is 566 g/mol. The number of aromatic amines is 1. The third-order valence-corrected chi connectivity index (χ3v) is 6.70. The lowest BCUT2D eigenvalue weighted by atomic mass is 10.1. The van der Waals surface area contributed by atoms with Crippen LogP contribution in [0.15, 0.2) is 82.7 Å². The van der Waals surface area contributed by atoms with E-state index in [1.54, 1.807) is 72.8 Å². The van der Waals surface area contributed by atoms with Gasteiger partial charge >= 0.3 is 0 Å². The highest BCUT2D eigenvalue weighted by molar-refractivity contribution is 7.98. The van der Waals surface area contributed by atoms with Crippen molar-refractivity contribution >= 4 is 63.9 Å². The number of amides is 1. The van der Waals surface area contributed by atoms with Gasteiger partial charge in [0.1, 0.15) is 11.6 Å². The van der Waals surface area contributed by atoms with E-state index in [2.05, 4.69) is 20.6 Å². The number of H-pyrrole nitrogens is 1. The Hall–Kier alpha value is -3.68. The number of thiocarbonyl (C=S) groups is 1. The number of anilines is 1. The second-order valence-electron chi connectivity index (χ2n) is 7.61. The molecule has 0 bridgehead atoms. The zero-order valence-corrected chi connectivity index (χ0v) is 22.1. The van der Waals surface area contributed by atoms with E-state index in [1.807, 2.05) is 6.07 Å². The second-order valence-corrected chi connectivity index (χ2v) is 9.86. The fraction of sp³-hybridized carbons (Fsp3) is 0.0385. The van der Waals surface area contributed by atoms with Gasteiger partial charge in [0.15, 0.2) is 10.3 Å². The molecule has 1 heterocycles. The Morgan fingerprint density at radius 1 is 1.00 bits per heavy atom. The first-order valence-corrected chi connectivity index (χ1v) is 12.9. The molecule has 7 nitrogen and oxygen atoms in total. The van der Waals surface area contributed by atoms with Gasteiger partial charge in [-0.2, -0.15) is 5.26 Å². The first-order chi connectivity index (χ1) is 17.8. The number of carbonyl (C=O) groups excluding carboxylic acids is 1. The van der Waals surface area contributed by atoms with Gasteiger partial charge in [-0.15, -0.1) is 0 Å². The maximum Gasteiger partial charge on any atom is 0.270 e. The molecule has 0 atom stereocenters. The molecule has 37 heavy (non-hydrogen) atoms. The van der Waals surface area contributed by atoms with Crippen molar-refractivity contribution in [2.75, 3.05) is 5.32 Å². The molecule has 0 saturated carbocycles. The largest absolute Gasteiger partial charge is 0.332 e. The van der Waals surface area contributed by atoms with E-state index < -0.39 is 5.56 Å². The Balaban J connectivity index is 1.40. The molecule has 184 valence electrons. The minimum Gasteiger partial charge on any atom is -0.332 e. The number of hydrogen-bond acceptors (Lipinski definition) is 6. The number of thioether (sulfide) groups is 1. The van der Waals surface area contributed by atoms with Crippen LogP contribution in [-0.2, 0) is 5.75 Å². The van der Waals surface area contributed by atoms with Crippen molar-refractivity contribution in [3.8, 4) is 17.3 Å². The number of halogens is 2. The highest BCUT2D eigenvalue weighted by Crippen LogP contribution is 2.25. The van der Waals surface area contributed by atoms with Gasteiger partial charge in [-0.1, -0.05) is 59.2 Å². The molecule has 3 aromatic carbocycles. The zero-order valence-electron chi connectivity index (χ0n) is 18.9. The lowest BCUT2D eigenvalue weighted by molar-refractivity contribution is 0.0977. The highest BCUT2D eigenvalue weighted by atomic mass is 35.5. The molecule has 1 aromatic heterocycles. The number of rotatable bonds is 6. The van der Waals surface area contributed by atoms with E-state index in [0.717, 1.165) is 5.56 Å². The molecule has 0 radical (unpaired) electrons. The summed E-state index contributed by atoms with van der Waals surface area (Å²) < 4.78 is 0. The highest BCUT2D eigenvalue weighted by Gasteiger charge is 2.14. The van der Waals surface area contributed by atoms with Crippen LogP contribution < -0.4 is 16.2 Å². The number of nitrogens with one attached hydrogen (secondary N) is 3. The quantitative estimate of drug-likeness (QED) is 0.148. The molecule has 11 heteroatoms. The topological polar surface area (TPSA) is 111 Å². The van der Waals surface area contributed by atoms with E-state index in [-0.39, 0.29) is 16.6 Å². The molecule has 3 N–H and O–H groups in total. The molecule has 0 spiro atoms. The lowest BCUT2D eigenvalue weighted by Gasteiger charge is -2.10. The van der Waals surface area contributed by atoms with E-state index >= 15 is 0 Å². The Labute approximate surface area is 231 Å². The molecular formula is C26H17Cl2N5O2S2. The SMILES string of the molecule is N#Cc1c(-c2ccc(Cl)cc2)nc(SCc2ccc(C(=O)NC(=S)Nc3ccc(Cl)cc3)cc2)[nH]c1=O. The van der Waals surface area contributed by atoms with E-state index in [0.29, 0.717) is 43.5 Å². The van der Waals surface area contributed by atoms with Crippen LogP contribution in [0, 0.1) is 11.3 Å². The minimum absolute atomic E-state index is 0.0643. The van der Waals surface area contributed by atoms with Gasteiger partial charge in [0.25, 0.3) is 11.5 Å². The van der Waals surface area contributed by atoms with E-state index in [9.17, 15) is 14.9 Å². The van der Waals surface area contributed by atoms with Crippen molar-refractivity contribution in [2.24, 2.45) is 0 Å². The van der Waals surface area contributed by atoms with Crippen molar-refractivity contribution < 1.29 is 4.79 Å². The number of carbonyl (C=O) groups is 1. The van der Waals surface area contributed by atoms with Gasteiger partial charge < -0.3 is 10.3 Å². The fourth-order valence-corrected chi connectivity index (χ4v) is 4.50. The molecule has 0 fully saturated rings. The normalized spacial score (nSPS) is 10.4. The molecule has 0 aliphatic carbocycles. The summed E-state index contributed by atoms with van der Waals surface area (Å²) in [5, 5.41) is 16.7. The maximum atomic E-state index is 12.5. The van der Waals surface area contributed by atoms with Crippen LogP contribution in [0.2, 0.25) is 10.0 Å². The number of nitriles is 1. The Kier molecular flexibility index (Phi) is 8.58. The van der Waals surface area contributed by atoms with Crippen molar-refractivity contribution in [1.82, 2.24) is 15.3 Å². The summed E-state index contributed by atoms with van der Waals surface area (Å²) in [4.78, 5) is 32.1. The van der Waals surface area contributed by atoms with Crippen LogP contribution in [0.25, 0.3) is 11.3 Å². The third-order valence-electron chi connectivity index (χ3n) is 5.05. The third kappa shape index (κ3) is 6.96. The number of hydrogen-bond donors (Lipinski definition) is 3. The Morgan fingerprint density at radius 2 is 1.62 bits per heavy atom. The van der Waals surface area contributed by atoms with Gasteiger partial charge in [-0.25, -0.2) is 4.98 Å². The summed E-state index contributed by atoms with van der Waals surface area (Å²) in [5.41, 5.74) is 2.38. The number of nitrogens with zero attached hydrogens (tertiary/aromatic N) is 2.